The van der Waals surface area contributed by atoms with Crippen LogP contribution >= 0.6 is 22.9 Å². The molecule has 0 saturated carbocycles. The van der Waals surface area contributed by atoms with Crippen molar-refractivity contribution in [2.75, 3.05) is 14.2 Å². The number of nitrogens with zero attached hydrogens (tertiary/aromatic N) is 2. The first-order valence-electron chi connectivity index (χ1n) is 8.44. The molecule has 2 N–H and O–H groups in total. The lowest BCUT2D eigenvalue weighted by Gasteiger charge is -2.09. The molecule has 0 aliphatic heterocycles. The summed E-state index contributed by atoms with van der Waals surface area (Å²) in [6.45, 7) is 1.77. The van der Waals surface area contributed by atoms with Crippen molar-refractivity contribution in [3.63, 3.8) is 0 Å². The van der Waals surface area contributed by atoms with Gasteiger partial charge in [-0.2, -0.15) is 5.10 Å². The molecule has 0 saturated heterocycles. The van der Waals surface area contributed by atoms with E-state index in [4.69, 9.17) is 21.1 Å². The summed E-state index contributed by atoms with van der Waals surface area (Å²) in [4.78, 5) is 17.4. The van der Waals surface area contributed by atoms with E-state index in [1.54, 1.807) is 31.2 Å². The predicted molar refractivity (Wildman–Crippen MR) is 114 cm³/mol. The van der Waals surface area contributed by atoms with Gasteiger partial charge in [0.05, 0.1) is 26.1 Å². The molecule has 29 heavy (non-hydrogen) atoms. The summed E-state index contributed by atoms with van der Waals surface area (Å²) in [7, 11) is 2.87. The van der Waals surface area contributed by atoms with Crippen LogP contribution in [0.5, 0.6) is 17.2 Å². The summed E-state index contributed by atoms with van der Waals surface area (Å²) in [5.74, 6) is 0.00596. The van der Waals surface area contributed by atoms with Gasteiger partial charge in [0.1, 0.15) is 9.88 Å². The number of aromatic nitrogens is 1. The van der Waals surface area contributed by atoms with Gasteiger partial charge < -0.3 is 14.6 Å². The number of hydrogen-bond donors (Lipinski definition) is 2. The largest absolute Gasteiger partial charge is 0.502 e. The first-order chi connectivity index (χ1) is 13.9. The number of phenols is 1. The summed E-state index contributed by atoms with van der Waals surface area (Å²) in [5.41, 5.74) is 4.56. The van der Waals surface area contributed by atoms with Crippen LogP contribution in [0.3, 0.4) is 0 Å². The number of amides is 1. The van der Waals surface area contributed by atoms with Gasteiger partial charge in [-0.05, 0) is 31.2 Å². The fourth-order valence-corrected chi connectivity index (χ4v) is 3.62. The summed E-state index contributed by atoms with van der Waals surface area (Å²) in [6.07, 6.45) is 1.43. The zero-order valence-electron chi connectivity index (χ0n) is 15.9. The van der Waals surface area contributed by atoms with Gasteiger partial charge in [0.15, 0.2) is 11.5 Å². The number of hydrogen-bond acceptors (Lipinski definition) is 7. The number of rotatable bonds is 6. The molecule has 0 spiro atoms. The van der Waals surface area contributed by atoms with Crippen molar-refractivity contribution in [2.45, 2.75) is 6.92 Å². The predicted octanol–water partition coefficient (Wildman–Crippen LogP) is 4.26. The Morgan fingerprint density at radius 2 is 1.83 bits per heavy atom. The van der Waals surface area contributed by atoms with Gasteiger partial charge in [-0.3, -0.25) is 4.79 Å². The molecule has 9 heteroatoms. The van der Waals surface area contributed by atoms with Crippen LogP contribution in [-0.2, 0) is 0 Å². The highest BCUT2D eigenvalue weighted by Gasteiger charge is 2.16. The van der Waals surface area contributed by atoms with Gasteiger partial charge in [-0.1, -0.05) is 23.7 Å². The topological polar surface area (TPSA) is 93.0 Å². The van der Waals surface area contributed by atoms with Crippen LogP contribution in [0.15, 0.2) is 41.5 Å². The molecule has 3 rings (SSSR count). The molecule has 3 aromatic rings. The summed E-state index contributed by atoms with van der Waals surface area (Å²) >= 11 is 7.19. The molecule has 0 radical (unpaired) electrons. The summed E-state index contributed by atoms with van der Waals surface area (Å²) in [5, 5.41) is 15.3. The highest BCUT2D eigenvalue weighted by Crippen LogP contribution is 2.36. The third-order valence-electron chi connectivity index (χ3n) is 3.98. The van der Waals surface area contributed by atoms with Crippen molar-refractivity contribution in [3.8, 4) is 27.8 Å². The van der Waals surface area contributed by atoms with Crippen molar-refractivity contribution < 1.29 is 19.4 Å². The molecule has 0 atom stereocenters. The van der Waals surface area contributed by atoms with E-state index in [9.17, 15) is 9.90 Å². The number of thiazole rings is 1. The van der Waals surface area contributed by atoms with Crippen LogP contribution in [-0.4, -0.2) is 36.4 Å². The minimum absolute atomic E-state index is 0.105. The van der Waals surface area contributed by atoms with Crippen molar-refractivity contribution in [3.05, 3.63) is 57.6 Å². The molecule has 7 nitrogen and oxygen atoms in total. The van der Waals surface area contributed by atoms with E-state index >= 15 is 0 Å². The number of halogens is 1. The Balaban J connectivity index is 1.75. The number of aryl methyl sites for hydroxylation is 1. The first-order valence-corrected chi connectivity index (χ1v) is 9.64. The maximum Gasteiger partial charge on any atom is 0.283 e. The Hall–Kier alpha value is -3.10. The molecule has 0 aliphatic rings. The van der Waals surface area contributed by atoms with Gasteiger partial charge in [-0.15, -0.1) is 11.3 Å². The van der Waals surface area contributed by atoms with Crippen LogP contribution in [0, 0.1) is 6.92 Å². The van der Waals surface area contributed by atoms with E-state index < -0.39 is 0 Å². The second-order valence-corrected chi connectivity index (χ2v) is 7.35. The fraction of sp³-hybridized carbons (Fsp3) is 0.150. The quantitative estimate of drug-likeness (QED) is 0.449. The van der Waals surface area contributed by atoms with Gasteiger partial charge >= 0.3 is 0 Å². The van der Waals surface area contributed by atoms with Gasteiger partial charge in [0, 0.05) is 16.1 Å². The standard InChI is InChI=1S/C20H18ClN3O4S/c1-11-18(29-20(23-11)13-4-6-14(21)7-5-13)19(26)24-22-10-12-8-15(27-2)17(25)16(9-12)28-3/h4-10,25H,1-3H3,(H,24,26)/b22-10+. The van der Waals surface area contributed by atoms with E-state index in [1.807, 2.05) is 12.1 Å². The van der Waals surface area contributed by atoms with Gasteiger partial charge in [-0.25, -0.2) is 10.4 Å². The highest BCUT2D eigenvalue weighted by atomic mass is 35.5. The minimum Gasteiger partial charge on any atom is -0.502 e. The number of hydrazone groups is 1. The SMILES string of the molecule is COc1cc(/C=N/NC(=O)c2sc(-c3ccc(Cl)cc3)nc2C)cc(OC)c1O. The lowest BCUT2D eigenvalue weighted by atomic mass is 10.2. The number of aromatic hydroxyl groups is 1. The van der Waals surface area contributed by atoms with Crippen molar-refractivity contribution in [1.29, 1.82) is 0 Å². The molecule has 0 unspecified atom stereocenters. The number of phenolic OH excluding ortho intramolecular Hbond substituents is 1. The molecular weight excluding hydrogens is 414 g/mol. The molecule has 1 aromatic heterocycles. The first kappa shape index (κ1) is 20.6. The molecule has 0 aliphatic carbocycles. The van der Waals surface area contributed by atoms with E-state index in [0.29, 0.717) is 21.2 Å². The second kappa shape index (κ2) is 8.93. The van der Waals surface area contributed by atoms with Crippen LogP contribution in [0.2, 0.25) is 5.02 Å². The molecule has 1 amide bonds. The average molecular weight is 432 g/mol. The van der Waals surface area contributed by atoms with Crippen LogP contribution in [0.1, 0.15) is 20.9 Å². The average Bonchev–Trinajstić information content (AvgIpc) is 3.11. The number of benzene rings is 2. The number of methoxy groups -OCH3 is 2. The van der Waals surface area contributed by atoms with Crippen LogP contribution < -0.4 is 14.9 Å². The smallest absolute Gasteiger partial charge is 0.283 e. The lowest BCUT2D eigenvalue weighted by Crippen LogP contribution is -2.17. The van der Waals surface area contributed by atoms with Crippen molar-refractivity contribution in [1.82, 2.24) is 10.4 Å². The Labute approximate surface area is 176 Å². The Morgan fingerprint density at radius 3 is 2.41 bits per heavy atom. The monoisotopic (exact) mass is 431 g/mol. The van der Waals surface area contributed by atoms with E-state index in [-0.39, 0.29) is 23.2 Å². The van der Waals surface area contributed by atoms with Crippen LogP contribution in [0.25, 0.3) is 10.6 Å². The molecule has 2 aromatic carbocycles. The van der Waals surface area contributed by atoms with E-state index in [2.05, 4.69) is 15.5 Å². The Morgan fingerprint density at radius 1 is 1.21 bits per heavy atom. The third kappa shape index (κ3) is 4.67. The fourth-order valence-electron chi connectivity index (χ4n) is 2.53. The molecule has 1 heterocycles. The normalized spacial score (nSPS) is 10.9. The van der Waals surface area contributed by atoms with Crippen molar-refractivity contribution >= 4 is 35.1 Å². The van der Waals surface area contributed by atoms with Crippen molar-refractivity contribution in [2.24, 2.45) is 5.10 Å². The number of carbonyl (C=O) groups is 1. The van der Waals surface area contributed by atoms with E-state index in [0.717, 1.165) is 10.6 Å². The maximum absolute atomic E-state index is 12.5. The van der Waals surface area contributed by atoms with Gasteiger partial charge in [0.2, 0.25) is 5.75 Å². The maximum atomic E-state index is 12.5. The third-order valence-corrected chi connectivity index (χ3v) is 5.43. The summed E-state index contributed by atoms with van der Waals surface area (Å²) < 4.78 is 10.2. The Bertz CT molecular complexity index is 1040. The number of nitrogens with one attached hydrogen (secondary N) is 1. The van der Waals surface area contributed by atoms with Gasteiger partial charge in [0.25, 0.3) is 5.91 Å². The van der Waals surface area contributed by atoms with E-state index in [1.165, 1.54) is 31.8 Å². The van der Waals surface area contributed by atoms with Crippen LogP contribution in [0.4, 0.5) is 0 Å². The molecule has 150 valence electrons. The number of carbonyl (C=O) groups excluding carboxylic acids is 1. The molecule has 0 bridgehead atoms. The minimum atomic E-state index is -0.367. The number of ether oxygens (including phenoxy) is 2. The highest BCUT2D eigenvalue weighted by molar-refractivity contribution is 7.17. The lowest BCUT2D eigenvalue weighted by molar-refractivity contribution is 0.0958. The second-order valence-electron chi connectivity index (χ2n) is 5.91. The molecular formula is C20H18ClN3O4S. The zero-order chi connectivity index (χ0) is 21.0. The molecule has 0 fully saturated rings. The Kier molecular flexibility index (Phi) is 6.36. The summed E-state index contributed by atoms with van der Waals surface area (Å²) in [6, 6.07) is 10.4. The zero-order valence-corrected chi connectivity index (χ0v) is 17.5.